The SMILES string of the molecule is COC(=O)CCC(=O)c1cc(-c2cccc3sc4ccccc4c23)cs1. The summed E-state index contributed by atoms with van der Waals surface area (Å²) in [7, 11) is 1.34. The van der Waals surface area contributed by atoms with E-state index < -0.39 is 0 Å². The van der Waals surface area contributed by atoms with Gasteiger partial charge in [0.2, 0.25) is 0 Å². The van der Waals surface area contributed by atoms with Crippen molar-refractivity contribution in [2.24, 2.45) is 0 Å². The van der Waals surface area contributed by atoms with Crippen molar-refractivity contribution >= 4 is 54.6 Å². The second kappa shape index (κ2) is 7.02. The van der Waals surface area contributed by atoms with Gasteiger partial charge in [-0.15, -0.1) is 22.7 Å². The number of ether oxygens (including phenoxy) is 1. The van der Waals surface area contributed by atoms with Crippen LogP contribution in [0.3, 0.4) is 0 Å². The number of rotatable bonds is 5. The highest BCUT2D eigenvalue weighted by Gasteiger charge is 2.15. The fraction of sp³-hybridized carbons (Fsp3) is 0.143. The lowest BCUT2D eigenvalue weighted by molar-refractivity contribution is -0.140. The van der Waals surface area contributed by atoms with E-state index in [1.54, 1.807) is 11.3 Å². The van der Waals surface area contributed by atoms with Gasteiger partial charge < -0.3 is 4.74 Å². The highest BCUT2D eigenvalue weighted by Crippen LogP contribution is 2.40. The number of fused-ring (bicyclic) bond motifs is 3. The van der Waals surface area contributed by atoms with Crippen LogP contribution in [0.15, 0.2) is 53.9 Å². The van der Waals surface area contributed by atoms with Crippen LogP contribution in [-0.4, -0.2) is 18.9 Å². The predicted molar refractivity (Wildman–Crippen MR) is 108 cm³/mol. The third kappa shape index (κ3) is 3.04. The fourth-order valence-corrected chi connectivity index (χ4v) is 5.09. The van der Waals surface area contributed by atoms with E-state index in [2.05, 4.69) is 47.2 Å². The van der Waals surface area contributed by atoms with Crippen LogP contribution in [0, 0.1) is 0 Å². The lowest BCUT2D eigenvalue weighted by atomic mass is 10.0. The van der Waals surface area contributed by atoms with Crippen molar-refractivity contribution in [3.05, 3.63) is 58.8 Å². The molecule has 3 nitrogen and oxygen atoms in total. The van der Waals surface area contributed by atoms with Crippen LogP contribution in [0.2, 0.25) is 0 Å². The Kier molecular flexibility index (Phi) is 4.57. The number of ketones is 1. The first kappa shape index (κ1) is 16.9. The Morgan fingerprint density at radius 3 is 2.65 bits per heavy atom. The molecule has 0 aliphatic rings. The molecule has 0 amide bonds. The number of carbonyl (C=O) groups is 2. The lowest BCUT2D eigenvalue weighted by Gasteiger charge is -2.02. The van der Waals surface area contributed by atoms with E-state index in [-0.39, 0.29) is 24.6 Å². The third-order valence-corrected chi connectivity index (χ3v) is 6.48. The average Bonchev–Trinajstić information content (AvgIpc) is 3.30. The van der Waals surface area contributed by atoms with E-state index in [0.29, 0.717) is 4.88 Å². The summed E-state index contributed by atoms with van der Waals surface area (Å²) >= 11 is 3.21. The standard InChI is InChI=1S/C21H16O3S2/c1-24-20(23)10-9-16(22)19-11-13(12-25-19)14-6-4-8-18-21(14)15-5-2-3-7-17(15)26-18/h2-8,11-12H,9-10H2,1H3. The van der Waals surface area contributed by atoms with Crippen molar-refractivity contribution in [3.8, 4) is 11.1 Å². The van der Waals surface area contributed by atoms with Gasteiger partial charge in [0, 0.05) is 26.6 Å². The van der Waals surface area contributed by atoms with Crippen LogP contribution in [-0.2, 0) is 9.53 Å². The molecule has 0 radical (unpaired) electrons. The van der Waals surface area contributed by atoms with Gasteiger partial charge in [-0.1, -0.05) is 30.3 Å². The van der Waals surface area contributed by atoms with Crippen molar-refractivity contribution in [1.29, 1.82) is 0 Å². The summed E-state index contributed by atoms with van der Waals surface area (Å²) in [6.45, 7) is 0. The molecule has 4 rings (SSSR count). The summed E-state index contributed by atoms with van der Waals surface area (Å²) < 4.78 is 7.11. The van der Waals surface area contributed by atoms with Gasteiger partial charge in [0.25, 0.3) is 0 Å². The minimum absolute atomic E-state index is 0.0194. The summed E-state index contributed by atoms with van der Waals surface area (Å²) in [6, 6.07) is 16.6. The molecule has 0 atom stereocenters. The van der Waals surface area contributed by atoms with Crippen LogP contribution in [0.5, 0.6) is 0 Å². The Morgan fingerprint density at radius 1 is 1.00 bits per heavy atom. The summed E-state index contributed by atoms with van der Waals surface area (Å²) in [5.74, 6) is -0.376. The first-order valence-electron chi connectivity index (χ1n) is 8.26. The van der Waals surface area contributed by atoms with E-state index in [0.717, 1.165) is 11.1 Å². The molecule has 0 saturated heterocycles. The Morgan fingerprint density at radius 2 is 1.81 bits per heavy atom. The average molecular weight is 380 g/mol. The molecule has 0 aliphatic heterocycles. The number of hydrogen-bond acceptors (Lipinski definition) is 5. The molecular weight excluding hydrogens is 364 g/mol. The largest absolute Gasteiger partial charge is 0.469 e. The van der Waals surface area contributed by atoms with Gasteiger partial charge in [-0.3, -0.25) is 9.59 Å². The lowest BCUT2D eigenvalue weighted by Crippen LogP contribution is -2.04. The molecule has 4 aromatic rings. The van der Waals surface area contributed by atoms with E-state index in [4.69, 9.17) is 0 Å². The van der Waals surface area contributed by atoms with E-state index >= 15 is 0 Å². The molecule has 0 fully saturated rings. The third-order valence-electron chi connectivity index (χ3n) is 4.37. The van der Waals surface area contributed by atoms with Gasteiger partial charge in [-0.2, -0.15) is 0 Å². The maximum Gasteiger partial charge on any atom is 0.305 e. The normalized spacial score (nSPS) is 11.1. The number of methoxy groups -OCH3 is 1. The minimum atomic E-state index is -0.357. The van der Waals surface area contributed by atoms with Crippen molar-refractivity contribution in [2.75, 3.05) is 7.11 Å². The Labute approximate surface area is 158 Å². The van der Waals surface area contributed by atoms with Gasteiger partial charge in [-0.05, 0) is 34.7 Å². The van der Waals surface area contributed by atoms with Crippen LogP contribution in [0.4, 0.5) is 0 Å². The fourth-order valence-electron chi connectivity index (χ4n) is 3.08. The molecular formula is C21H16O3S2. The zero-order valence-corrected chi connectivity index (χ0v) is 15.8. The van der Waals surface area contributed by atoms with Gasteiger partial charge in [0.05, 0.1) is 18.4 Å². The first-order valence-corrected chi connectivity index (χ1v) is 9.96. The number of carbonyl (C=O) groups excluding carboxylic acids is 2. The molecule has 0 N–H and O–H groups in total. The van der Waals surface area contributed by atoms with Gasteiger partial charge in [-0.25, -0.2) is 0 Å². The van der Waals surface area contributed by atoms with E-state index in [1.165, 1.54) is 38.6 Å². The Bertz CT molecular complexity index is 1120. The smallest absolute Gasteiger partial charge is 0.305 e. The highest BCUT2D eigenvalue weighted by atomic mass is 32.1. The number of hydrogen-bond donors (Lipinski definition) is 0. The Balaban J connectivity index is 1.72. The van der Waals surface area contributed by atoms with Crippen molar-refractivity contribution in [2.45, 2.75) is 12.8 Å². The molecule has 0 saturated carbocycles. The quantitative estimate of drug-likeness (QED) is 0.319. The van der Waals surface area contributed by atoms with Gasteiger partial charge >= 0.3 is 5.97 Å². The molecule has 0 unspecified atom stereocenters. The van der Waals surface area contributed by atoms with Crippen LogP contribution in [0.25, 0.3) is 31.3 Å². The molecule has 130 valence electrons. The maximum absolute atomic E-state index is 12.3. The van der Waals surface area contributed by atoms with Crippen LogP contribution in [0.1, 0.15) is 22.5 Å². The van der Waals surface area contributed by atoms with Crippen molar-refractivity contribution in [1.82, 2.24) is 0 Å². The monoisotopic (exact) mass is 380 g/mol. The predicted octanol–water partition coefficient (Wildman–Crippen LogP) is 5.92. The van der Waals surface area contributed by atoms with Gasteiger partial charge in [0.1, 0.15) is 0 Å². The van der Waals surface area contributed by atoms with Crippen LogP contribution < -0.4 is 0 Å². The minimum Gasteiger partial charge on any atom is -0.469 e. The number of thiophene rings is 2. The summed E-state index contributed by atoms with van der Waals surface area (Å²) in [6.07, 6.45) is 0.297. The second-order valence-corrected chi connectivity index (χ2v) is 7.97. The first-order chi connectivity index (χ1) is 12.7. The molecule has 26 heavy (non-hydrogen) atoms. The highest BCUT2D eigenvalue weighted by molar-refractivity contribution is 7.26. The number of Topliss-reactive ketones (excluding diaryl/α,β-unsaturated/α-hetero) is 1. The molecule has 2 aromatic heterocycles. The van der Waals surface area contributed by atoms with Gasteiger partial charge in [0.15, 0.2) is 5.78 Å². The molecule has 2 aromatic carbocycles. The van der Waals surface area contributed by atoms with Crippen molar-refractivity contribution < 1.29 is 14.3 Å². The molecule has 0 aliphatic carbocycles. The summed E-state index contributed by atoms with van der Waals surface area (Å²) in [5.41, 5.74) is 2.19. The Hall–Kier alpha value is -2.50. The molecule has 0 bridgehead atoms. The van der Waals surface area contributed by atoms with Crippen molar-refractivity contribution in [3.63, 3.8) is 0 Å². The zero-order valence-electron chi connectivity index (χ0n) is 14.2. The second-order valence-electron chi connectivity index (χ2n) is 5.98. The number of esters is 1. The van der Waals surface area contributed by atoms with E-state index in [9.17, 15) is 9.59 Å². The topological polar surface area (TPSA) is 43.4 Å². The van der Waals surface area contributed by atoms with E-state index in [1.807, 2.05) is 11.4 Å². The zero-order chi connectivity index (χ0) is 18.1. The number of benzene rings is 2. The molecule has 2 heterocycles. The maximum atomic E-state index is 12.3. The molecule has 0 spiro atoms. The summed E-state index contributed by atoms with van der Waals surface area (Å²) in [5, 5.41) is 4.50. The van der Waals surface area contributed by atoms with Crippen LogP contribution >= 0.6 is 22.7 Å². The summed E-state index contributed by atoms with van der Waals surface area (Å²) in [4.78, 5) is 24.3. The molecule has 5 heteroatoms.